The van der Waals surface area contributed by atoms with Gasteiger partial charge in [0, 0.05) is 19.6 Å². The highest BCUT2D eigenvalue weighted by atomic mass is 16.5. The molecule has 2 heterocycles. The van der Waals surface area contributed by atoms with E-state index < -0.39 is 0 Å². The van der Waals surface area contributed by atoms with Gasteiger partial charge in [0.2, 0.25) is 0 Å². The van der Waals surface area contributed by atoms with Crippen molar-refractivity contribution in [2.75, 3.05) is 19.7 Å². The van der Waals surface area contributed by atoms with E-state index in [9.17, 15) is 5.11 Å². The van der Waals surface area contributed by atoms with Crippen molar-refractivity contribution < 1.29 is 9.84 Å². The van der Waals surface area contributed by atoms with Gasteiger partial charge in [-0.1, -0.05) is 12.1 Å². The minimum Gasteiger partial charge on any atom is -0.508 e. The molecule has 3 rings (SSSR count). The molecule has 100 valence electrons. The van der Waals surface area contributed by atoms with Crippen LogP contribution in [0.3, 0.4) is 0 Å². The van der Waals surface area contributed by atoms with E-state index in [-0.39, 0.29) is 11.9 Å². The van der Waals surface area contributed by atoms with Gasteiger partial charge in [-0.05, 0) is 17.7 Å². The molecule has 1 aliphatic heterocycles. The predicted octanol–water partition coefficient (Wildman–Crippen LogP) is 1.30. The zero-order valence-electron chi connectivity index (χ0n) is 10.6. The van der Waals surface area contributed by atoms with Gasteiger partial charge < -0.3 is 19.7 Å². The zero-order valence-corrected chi connectivity index (χ0v) is 10.6. The van der Waals surface area contributed by atoms with Crippen LogP contribution >= 0.6 is 0 Å². The molecule has 19 heavy (non-hydrogen) atoms. The second kappa shape index (κ2) is 5.42. The largest absolute Gasteiger partial charge is 0.508 e. The number of phenolic OH excluding ortho intramolecular Hbond substituents is 1. The SMILES string of the molecule is Oc1ccc(Cn2cncc2C2CNCCO2)cc1. The molecule has 1 unspecified atom stereocenters. The summed E-state index contributed by atoms with van der Waals surface area (Å²) in [5.74, 6) is 0.286. The molecule has 0 aliphatic carbocycles. The first kappa shape index (κ1) is 12.2. The molecule has 5 nitrogen and oxygen atoms in total. The van der Waals surface area contributed by atoms with Gasteiger partial charge in [0.15, 0.2) is 0 Å². The van der Waals surface area contributed by atoms with Gasteiger partial charge >= 0.3 is 0 Å². The van der Waals surface area contributed by atoms with Crippen LogP contribution in [0.4, 0.5) is 0 Å². The summed E-state index contributed by atoms with van der Waals surface area (Å²) in [6.07, 6.45) is 3.74. The molecule has 0 bridgehead atoms. The first-order valence-corrected chi connectivity index (χ1v) is 6.43. The molecular formula is C14H17N3O2. The third-order valence-corrected chi connectivity index (χ3v) is 3.29. The van der Waals surface area contributed by atoms with Crippen LogP contribution in [0.5, 0.6) is 5.75 Å². The van der Waals surface area contributed by atoms with Crippen LogP contribution < -0.4 is 5.32 Å². The highest BCUT2D eigenvalue weighted by Gasteiger charge is 2.19. The predicted molar refractivity (Wildman–Crippen MR) is 71.0 cm³/mol. The Kier molecular flexibility index (Phi) is 3.48. The highest BCUT2D eigenvalue weighted by molar-refractivity contribution is 5.26. The fourth-order valence-electron chi connectivity index (χ4n) is 2.28. The van der Waals surface area contributed by atoms with Gasteiger partial charge in [0.25, 0.3) is 0 Å². The lowest BCUT2D eigenvalue weighted by Crippen LogP contribution is -2.34. The van der Waals surface area contributed by atoms with Crippen LogP contribution in [0.1, 0.15) is 17.4 Å². The van der Waals surface area contributed by atoms with Gasteiger partial charge in [-0.3, -0.25) is 0 Å². The molecule has 1 aliphatic rings. The number of morpholine rings is 1. The number of imidazole rings is 1. The Hall–Kier alpha value is -1.85. The van der Waals surface area contributed by atoms with Crippen molar-refractivity contribution in [1.82, 2.24) is 14.9 Å². The van der Waals surface area contributed by atoms with Gasteiger partial charge in [0.1, 0.15) is 11.9 Å². The molecule has 0 radical (unpaired) electrons. The zero-order chi connectivity index (χ0) is 13.1. The molecule has 0 spiro atoms. The Balaban J connectivity index is 1.77. The molecule has 1 atom stereocenters. The second-order valence-corrected chi connectivity index (χ2v) is 4.68. The smallest absolute Gasteiger partial charge is 0.115 e. The van der Waals surface area contributed by atoms with E-state index in [1.807, 2.05) is 24.7 Å². The minimum absolute atomic E-state index is 0.0633. The van der Waals surface area contributed by atoms with E-state index in [1.165, 1.54) is 0 Å². The lowest BCUT2D eigenvalue weighted by Gasteiger charge is -2.24. The fraction of sp³-hybridized carbons (Fsp3) is 0.357. The molecule has 1 saturated heterocycles. The normalized spacial score (nSPS) is 19.5. The third-order valence-electron chi connectivity index (χ3n) is 3.29. The standard InChI is InChI=1S/C14H17N3O2/c18-12-3-1-11(2-4-12)9-17-10-16-7-13(17)14-8-15-5-6-19-14/h1-4,7,10,14-15,18H,5-6,8-9H2. The van der Waals surface area contributed by atoms with E-state index in [2.05, 4.69) is 14.9 Å². The number of rotatable bonds is 3. The van der Waals surface area contributed by atoms with Gasteiger partial charge in [-0.2, -0.15) is 0 Å². The highest BCUT2D eigenvalue weighted by Crippen LogP contribution is 2.20. The summed E-state index contributed by atoms with van der Waals surface area (Å²) in [4.78, 5) is 4.22. The summed E-state index contributed by atoms with van der Waals surface area (Å²) in [5, 5.41) is 12.6. The third kappa shape index (κ3) is 2.77. The number of aromatic nitrogens is 2. The molecule has 1 aromatic heterocycles. The fourth-order valence-corrected chi connectivity index (χ4v) is 2.28. The number of phenols is 1. The van der Waals surface area contributed by atoms with Crippen molar-refractivity contribution in [3.05, 3.63) is 48.0 Å². The Bertz CT molecular complexity index is 530. The van der Waals surface area contributed by atoms with Crippen LogP contribution in [0.15, 0.2) is 36.8 Å². The van der Waals surface area contributed by atoms with E-state index >= 15 is 0 Å². The van der Waals surface area contributed by atoms with Crippen molar-refractivity contribution in [2.45, 2.75) is 12.6 Å². The van der Waals surface area contributed by atoms with E-state index in [1.54, 1.807) is 12.1 Å². The van der Waals surface area contributed by atoms with Crippen LogP contribution in [-0.2, 0) is 11.3 Å². The number of benzene rings is 1. The summed E-state index contributed by atoms with van der Waals surface area (Å²) in [5.41, 5.74) is 2.21. The monoisotopic (exact) mass is 259 g/mol. The van der Waals surface area contributed by atoms with E-state index in [0.717, 1.165) is 37.5 Å². The van der Waals surface area contributed by atoms with Crippen LogP contribution in [0.25, 0.3) is 0 Å². The van der Waals surface area contributed by atoms with Crippen molar-refractivity contribution in [1.29, 1.82) is 0 Å². The Morgan fingerprint density at radius 3 is 2.95 bits per heavy atom. The quantitative estimate of drug-likeness (QED) is 0.872. The molecule has 0 saturated carbocycles. The molecule has 2 aromatic rings. The first-order valence-electron chi connectivity index (χ1n) is 6.43. The van der Waals surface area contributed by atoms with Gasteiger partial charge in [-0.15, -0.1) is 0 Å². The summed E-state index contributed by atoms with van der Waals surface area (Å²) >= 11 is 0. The van der Waals surface area contributed by atoms with Crippen LogP contribution in [0.2, 0.25) is 0 Å². The summed E-state index contributed by atoms with van der Waals surface area (Å²) in [6, 6.07) is 7.23. The summed E-state index contributed by atoms with van der Waals surface area (Å²) in [7, 11) is 0. The molecule has 0 amide bonds. The average Bonchev–Trinajstić information content (AvgIpc) is 2.90. The van der Waals surface area contributed by atoms with Crippen molar-refractivity contribution in [3.8, 4) is 5.75 Å². The molecule has 2 N–H and O–H groups in total. The summed E-state index contributed by atoms with van der Waals surface area (Å²) < 4.78 is 7.84. The van der Waals surface area contributed by atoms with Gasteiger partial charge in [-0.25, -0.2) is 4.98 Å². The average molecular weight is 259 g/mol. The first-order chi connectivity index (χ1) is 9.33. The number of ether oxygens (including phenoxy) is 1. The Morgan fingerprint density at radius 1 is 1.37 bits per heavy atom. The van der Waals surface area contributed by atoms with Crippen molar-refractivity contribution in [3.63, 3.8) is 0 Å². The molecule has 1 fully saturated rings. The van der Waals surface area contributed by atoms with Crippen LogP contribution in [-0.4, -0.2) is 34.4 Å². The van der Waals surface area contributed by atoms with E-state index in [0.29, 0.717) is 0 Å². The maximum Gasteiger partial charge on any atom is 0.115 e. The summed E-state index contributed by atoms with van der Waals surface area (Å²) in [6.45, 7) is 3.19. The maximum atomic E-state index is 9.29. The number of nitrogens with zero attached hydrogens (tertiary/aromatic N) is 2. The lowest BCUT2D eigenvalue weighted by atomic mass is 10.2. The Labute approximate surface area is 111 Å². The second-order valence-electron chi connectivity index (χ2n) is 4.68. The Morgan fingerprint density at radius 2 is 2.21 bits per heavy atom. The topological polar surface area (TPSA) is 59.3 Å². The molecular weight excluding hydrogens is 242 g/mol. The number of hydrogen-bond acceptors (Lipinski definition) is 4. The molecule has 5 heteroatoms. The number of aromatic hydroxyl groups is 1. The lowest BCUT2D eigenvalue weighted by molar-refractivity contribution is 0.0230. The van der Waals surface area contributed by atoms with Crippen molar-refractivity contribution in [2.24, 2.45) is 0 Å². The van der Waals surface area contributed by atoms with Crippen molar-refractivity contribution >= 4 is 0 Å². The van der Waals surface area contributed by atoms with E-state index in [4.69, 9.17) is 4.74 Å². The number of nitrogens with one attached hydrogen (secondary N) is 1. The minimum atomic E-state index is 0.0633. The van der Waals surface area contributed by atoms with Crippen LogP contribution in [0, 0.1) is 0 Å². The maximum absolute atomic E-state index is 9.29. The van der Waals surface area contributed by atoms with Gasteiger partial charge in [0.05, 0.1) is 24.8 Å². The number of hydrogen-bond donors (Lipinski definition) is 2. The molecule has 1 aromatic carbocycles.